The van der Waals surface area contributed by atoms with Gasteiger partial charge in [-0.15, -0.1) is 0 Å². The number of urea groups is 1. The van der Waals surface area contributed by atoms with Crippen molar-refractivity contribution in [1.29, 1.82) is 0 Å². The van der Waals surface area contributed by atoms with Gasteiger partial charge in [0.05, 0.1) is 7.11 Å². The molecule has 0 spiro atoms. The quantitative estimate of drug-likeness (QED) is 0.750. The van der Waals surface area contributed by atoms with Gasteiger partial charge in [-0.05, 0) is 26.0 Å². The summed E-state index contributed by atoms with van der Waals surface area (Å²) < 4.78 is 5.09. The zero-order valence-electron chi connectivity index (χ0n) is 11.3. The van der Waals surface area contributed by atoms with E-state index in [9.17, 15) is 9.59 Å². The second-order valence-corrected chi connectivity index (χ2v) is 3.95. The second kappa shape index (κ2) is 7.25. The van der Waals surface area contributed by atoms with Crippen LogP contribution in [0.25, 0.3) is 0 Å². The molecule has 0 fully saturated rings. The first-order valence-electron chi connectivity index (χ1n) is 6.06. The summed E-state index contributed by atoms with van der Waals surface area (Å²) in [4.78, 5) is 22.9. The molecular weight excluding hydrogens is 246 g/mol. The van der Waals surface area contributed by atoms with Crippen LogP contribution < -0.4 is 20.7 Å². The Morgan fingerprint density at radius 2 is 2.11 bits per heavy atom. The lowest BCUT2D eigenvalue weighted by Gasteiger charge is -2.15. The van der Waals surface area contributed by atoms with E-state index in [0.29, 0.717) is 12.3 Å². The van der Waals surface area contributed by atoms with Gasteiger partial charge in [-0.1, -0.05) is 6.07 Å². The zero-order valence-corrected chi connectivity index (χ0v) is 11.3. The predicted molar refractivity (Wildman–Crippen MR) is 73.3 cm³/mol. The van der Waals surface area contributed by atoms with Gasteiger partial charge in [0.25, 0.3) is 0 Å². The van der Waals surface area contributed by atoms with Gasteiger partial charge in [-0.3, -0.25) is 10.1 Å². The second-order valence-electron chi connectivity index (χ2n) is 3.95. The van der Waals surface area contributed by atoms with E-state index < -0.39 is 18.0 Å². The maximum atomic E-state index is 11.7. The molecule has 0 saturated carbocycles. The number of hydrogen-bond acceptors (Lipinski definition) is 4. The average molecular weight is 265 g/mol. The van der Waals surface area contributed by atoms with Gasteiger partial charge in [0, 0.05) is 18.3 Å². The molecule has 0 bridgehead atoms. The Balaban J connectivity index is 2.55. The van der Waals surface area contributed by atoms with Gasteiger partial charge >= 0.3 is 6.03 Å². The van der Waals surface area contributed by atoms with Gasteiger partial charge in [-0.2, -0.15) is 0 Å². The van der Waals surface area contributed by atoms with Gasteiger partial charge in [0.15, 0.2) is 0 Å². The molecule has 0 radical (unpaired) electrons. The topological polar surface area (TPSA) is 79.5 Å². The minimum Gasteiger partial charge on any atom is -0.497 e. The molecule has 6 heteroatoms. The van der Waals surface area contributed by atoms with Crippen molar-refractivity contribution < 1.29 is 14.3 Å². The Bertz CT molecular complexity index is 449. The summed E-state index contributed by atoms with van der Waals surface area (Å²) in [6.07, 6.45) is 0. The Hall–Kier alpha value is -2.24. The predicted octanol–water partition coefficient (Wildman–Crippen LogP) is 1.34. The molecular formula is C13H19N3O3. The minimum absolute atomic E-state index is 0.395. The van der Waals surface area contributed by atoms with E-state index in [0.717, 1.165) is 5.69 Å². The molecule has 0 aromatic heterocycles. The van der Waals surface area contributed by atoms with Crippen LogP contribution in [0, 0.1) is 0 Å². The highest BCUT2D eigenvalue weighted by atomic mass is 16.5. The Morgan fingerprint density at radius 3 is 2.74 bits per heavy atom. The van der Waals surface area contributed by atoms with Crippen molar-refractivity contribution in [2.45, 2.75) is 19.9 Å². The average Bonchev–Trinajstić information content (AvgIpc) is 2.39. The number of benzene rings is 1. The van der Waals surface area contributed by atoms with Crippen LogP contribution in [0.5, 0.6) is 5.75 Å². The first kappa shape index (κ1) is 14.8. The van der Waals surface area contributed by atoms with Crippen molar-refractivity contribution in [2.24, 2.45) is 0 Å². The van der Waals surface area contributed by atoms with Crippen LogP contribution in [0.1, 0.15) is 13.8 Å². The van der Waals surface area contributed by atoms with Crippen LogP contribution in [-0.2, 0) is 4.79 Å². The van der Waals surface area contributed by atoms with Crippen LogP contribution in [0.4, 0.5) is 10.5 Å². The van der Waals surface area contributed by atoms with E-state index in [4.69, 9.17) is 4.74 Å². The standard InChI is InChI=1S/C13H19N3O3/c1-4-14-13(18)16-12(17)9(2)15-10-6-5-7-11(8-10)19-3/h5-9,15H,4H2,1-3H3,(H2,14,16,17,18). The summed E-state index contributed by atoms with van der Waals surface area (Å²) in [5.41, 5.74) is 0.748. The summed E-state index contributed by atoms with van der Waals surface area (Å²) in [5, 5.41) is 7.73. The lowest BCUT2D eigenvalue weighted by molar-refractivity contribution is -0.120. The molecule has 3 amide bonds. The van der Waals surface area contributed by atoms with Crippen molar-refractivity contribution in [3.63, 3.8) is 0 Å². The van der Waals surface area contributed by atoms with E-state index in [1.54, 1.807) is 27.0 Å². The van der Waals surface area contributed by atoms with E-state index in [1.807, 2.05) is 18.2 Å². The third-order valence-corrected chi connectivity index (χ3v) is 2.42. The number of rotatable bonds is 5. The maximum absolute atomic E-state index is 11.7. The van der Waals surface area contributed by atoms with Gasteiger partial charge < -0.3 is 15.4 Å². The molecule has 1 atom stereocenters. The third-order valence-electron chi connectivity index (χ3n) is 2.42. The van der Waals surface area contributed by atoms with Gasteiger partial charge in [0.1, 0.15) is 11.8 Å². The molecule has 3 N–H and O–H groups in total. The SMILES string of the molecule is CCNC(=O)NC(=O)C(C)Nc1cccc(OC)c1. The number of carbonyl (C=O) groups excluding carboxylic acids is 2. The highest BCUT2D eigenvalue weighted by Gasteiger charge is 2.15. The molecule has 0 aliphatic heterocycles. The lowest BCUT2D eigenvalue weighted by atomic mass is 10.2. The summed E-state index contributed by atoms with van der Waals surface area (Å²) in [6.45, 7) is 3.92. The van der Waals surface area contributed by atoms with Crippen molar-refractivity contribution in [3.8, 4) is 5.75 Å². The molecule has 6 nitrogen and oxygen atoms in total. The van der Waals surface area contributed by atoms with Crippen LogP contribution in [0.3, 0.4) is 0 Å². The number of anilines is 1. The molecule has 1 rings (SSSR count). The monoisotopic (exact) mass is 265 g/mol. The Kier molecular flexibility index (Phi) is 5.66. The normalized spacial score (nSPS) is 11.3. The highest BCUT2D eigenvalue weighted by Crippen LogP contribution is 2.17. The van der Waals surface area contributed by atoms with Crippen LogP contribution in [-0.4, -0.2) is 31.6 Å². The lowest BCUT2D eigenvalue weighted by Crippen LogP contribution is -2.45. The number of methoxy groups -OCH3 is 1. The van der Waals surface area contributed by atoms with Gasteiger partial charge in [0.2, 0.25) is 5.91 Å². The molecule has 104 valence electrons. The fourth-order valence-corrected chi connectivity index (χ4v) is 1.45. The van der Waals surface area contributed by atoms with Crippen LogP contribution in [0.2, 0.25) is 0 Å². The number of nitrogens with one attached hydrogen (secondary N) is 3. The smallest absolute Gasteiger partial charge is 0.321 e. The van der Waals surface area contributed by atoms with Crippen LogP contribution in [0.15, 0.2) is 24.3 Å². The fourth-order valence-electron chi connectivity index (χ4n) is 1.45. The van der Waals surface area contributed by atoms with Crippen molar-refractivity contribution in [1.82, 2.24) is 10.6 Å². The molecule has 0 heterocycles. The molecule has 1 unspecified atom stereocenters. The number of carbonyl (C=O) groups is 2. The molecule has 1 aromatic carbocycles. The first-order valence-corrected chi connectivity index (χ1v) is 6.06. The maximum Gasteiger partial charge on any atom is 0.321 e. The molecule has 1 aromatic rings. The molecule has 0 saturated heterocycles. The molecule has 0 aliphatic rings. The summed E-state index contributed by atoms with van der Waals surface area (Å²) in [6, 6.07) is 6.19. The fraction of sp³-hybridized carbons (Fsp3) is 0.385. The van der Waals surface area contributed by atoms with E-state index in [-0.39, 0.29) is 0 Å². The van der Waals surface area contributed by atoms with Crippen LogP contribution >= 0.6 is 0 Å². The van der Waals surface area contributed by atoms with E-state index in [2.05, 4.69) is 16.0 Å². The number of ether oxygens (including phenoxy) is 1. The third kappa shape index (κ3) is 4.87. The molecule has 0 aliphatic carbocycles. The Morgan fingerprint density at radius 1 is 1.37 bits per heavy atom. The van der Waals surface area contributed by atoms with E-state index >= 15 is 0 Å². The number of amides is 3. The summed E-state index contributed by atoms with van der Waals surface area (Å²) in [7, 11) is 1.57. The Labute approximate surface area is 112 Å². The van der Waals surface area contributed by atoms with Crippen molar-refractivity contribution in [2.75, 3.05) is 19.0 Å². The molecule has 19 heavy (non-hydrogen) atoms. The summed E-state index contributed by atoms with van der Waals surface area (Å²) >= 11 is 0. The first-order chi connectivity index (χ1) is 9.06. The zero-order chi connectivity index (χ0) is 14.3. The van der Waals surface area contributed by atoms with Crippen molar-refractivity contribution >= 4 is 17.6 Å². The van der Waals surface area contributed by atoms with Gasteiger partial charge in [-0.25, -0.2) is 4.79 Å². The van der Waals surface area contributed by atoms with E-state index in [1.165, 1.54) is 0 Å². The number of imide groups is 1. The van der Waals surface area contributed by atoms with Crippen molar-refractivity contribution in [3.05, 3.63) is 24.3 Å². The summed E-state index contributed by atoms with van der Waals surface area (Å²) in [5.74, 6) is 0.301. The minimum atomic E-state index is -0.533. The highest BCUT2D eigenvalue weighted by molar-refractivity contribution is 5.97. The number of hydrogen-bond donors (Lipinski definition) is 3. The largest absolute Gasteiger partial charge is 0.497 e.